The van der Waals surface area contributed by atoms with Gasteiger partial charge in [0.25, 0.3) is 0 Å². The number of anilines is 1. The normalized spacial score (nSPS) is 22.9. The van der Waals surface area contributed by atoms with Gasteiger partial charge in [0.05, 0.1) is 24.7 Å². The Labute approximate surface area is 154 Å². The summed E-state index contributed by atoms with van der Waals surface area (Å²) >= 11 is 0. The van der Waals surface area contributed by atoms with Crippen molar-refractivity contribution in [1.29, 1.82) is 0 Å². The lowest BCUT2D eigenvalue weighted by atomic mass is 10.2. The third-order valence-corrected chi connectivity index (χ3v) is 6.61. The number of amides is 1. The van der Waals surface area contributed by atoms with Gasteiger partial charge in [-0.2, -0.15) is 4.31 Å². The number of carbonyl (C=O) groups excluding carboxylic acids is 1. The molecule has 0 bridgehead atoms. The minimum atomic E-state index is -3.57. The molecule has 26 heavy (non-hydrogen) atoms. The van der Waals surface area contributed by atoms with E-state index < -0.39 is 10.0 Å². The van der Waals surface area contributed by atoms with Crippen molar-refractivity contribution in [3.63, 3.8) is 0 Å². The molecule has 2 saturated heterocycles. The lowest BCUT2D eigenvalue weighted by Gasteiger charge is -2.33. The number of rotatable bonds is 5. The Kier molecular flexibility index (Phi) is 6.25. The molecule has 2 heterocycles. The van der Waals surface area contributed by atoms with Crippen LogP contribution in [-0.2, 0) is 19.6 Å². The predicted octanol–water partition coefficient (Wildman–Crippen LogP) is -0.0603. The Balaban J connectivity index is 1.66. The quantitative estimate of drug-likeness (QED) is 0.742. The number of nitrogens with zero attached hydrogens (tertiary/aromatic N) is 2. The van der Waals surface area contributed by atoms with E-state index in [2.05, 4.69) is 22.5 Å². The molecule has 144 valence electrons. The molecule has 0 saturated carbocycles. The van der Waals surface area contributed by atoms with Crippen LogP contribution < -0.4 is 10.6 Å². The molecular formula is C17H26N4O4S. The minimum absolute atomic E-state index is 0.139. The molecule has 2 fully saturated rings. The summed E-state index contributed by atoms with van der Waals surface area (Å²) in [6.07, 6.45) is 0. The molecule has 2 N–H and O–H groups in total. The van der Waals surface area contributed by atoms with Crippen molar-refractivity contribution in [3.8, 4) is 0 Å². The molecule has 2 aliphatic heterocycles. The second-order valence-corrected chi connectivity index (χ2v) is 8.55. The van der Waals surface area contributed by atoms with Crippen molar-refractivity contribution in [1.82, 2.24) is 14.5 Å². The minimum Gasteiger partial charge on any atom is -0.379 e. The van der Waals surface area contributed by atoms with Crippen LogP contribution in [0.3, 0.4) is 0 Å². The number of hydrogen-bond donors (Lipinski definition) is 2. The Morgan fingerprint density at radius 3 is 2.81 bits per heavy atom. The predicted molar refractivity (Wildman–Crippen MR) is 98.6 cm³/mol. The van der Waals surface area contributed by atoms with Crippen molar-refractivity contribution >= 4 is 21.6 Å². The molecule has 2 aliphatic rings. The average molecular weight is 382 g/mol. The number of sulfonamides is 1. The van der Waals surface area contributed by atoms with Crippen LogP contribution in [-0.4, -0.2) is 82.1 Å². The highest BCUT2D eigenvalue weighted by atomic mass is 32.2. The molecule has 0 spiro atoms. The second kappa shape index (κ2) is 8.45. The summed E-state index contributed by atoms with van der Waals surface area (Å²) in [7, 11) is -3.57. The number of piperazine rings is 1. The standard InChI is InChI=1S/C17H26N4O4S/c1-14-12-18-5-6-20(14)13-17(22)19-15-3-2-4-16(11-15)26(23,24)21-7-9-25-10-8-21/h2-4,11,14,18H,5-10,12-13H2,1H3,(H,19,22)/t14-/m0/s1. The van der Waals surface area contributed by atoms with Gasteiger partial charge in [-0.25, -0.2) is 8.42 Å². The zero-order valence-corrected chi connectivity index (χ0v) is 15.8. The summed E-state index contributed by atoms with van der Waals surface area (Å²) < 4.78 is 32.1. The van der Waals surface area contributed by atoms with Gasteiger partial charge in [-0.15, -0.1) is 0 Å². The third-order valence-electron chi connectivity index (χ3n) is 4.71. The summed E-state index contributed by atoms with van der Waals surface area (Å²) in [6.45, 7) is 6.42. The Morgan fingerprint density at radius 2 is 2.08 bits per heavy atom. The van der Waals surface area contributed by atoms with Crippen molar-refractivity contribution in [2.75, 3.05) is 57.8 Å². The molecule has 1 atom stereocenters. The van der Waals surface area contributed by atoms with Gasteiger partial charge in [0.1, 0.15) is 0 Å². The largest absolute Gasteiger partial charge is 0.379 e. The van der Waals surface area contributed by atoms with Crippen LogP contribution >= 0.6 is 0 Å². The monoisotopic (exact) mass is 382 g/mol. The molecule has 0 aliphatic carbocycles. The molecule has 1 aromatic rings. The maximum atomic E-state index is 12.7. The maximum Gasteiger partial charge on any atom is 0.243 e. The Morgan fingerprint density at radius 1 is 1.31 bits per heavy atom. The summed E-state index contributed by atoms with van der Waals surface area (Å²) in [5.41, 5.74) is 0.493. The SMILES string of the molecule is C[C@H]1CNCCN1CC(=O)Nc1cccc(S(=O)(=O)N2CCOCC2)c1. The van der Waals surface area contributed by atoms with Gasteiger partial charge in [0.2, 0.25) is 15.9 Å². The van der Waals surface area contributed by atoms with E-state index in [-0.39, 0.29) is 10.8 Å². The van der Waals surface area contributed by atoms with Crippen molar-refractivity contribution < 1.29 is 17.9 Å². The number of nitrogens with one attached hydrogen (secondary N) is 2. The fraction of sp³-hybridized carbons (Fsp3) is 0.588. The number of morpholine rings is 1. The van der Waals surface area contributed by atoms with Crippen LogP contribution in [0.5, 0.6) is 0 Å². The summed E-state index contributed by atoms with van der Waals surface area (Å²) in [6, 6.07) is 6.72. The van der Waals surface area contributed by atoms with Gasteiger partial charge in [0.15, 0.2) is 0 Å². The number of ether oxygens (including phenoxy) is 1. The topological polar surface area (TPSA) is 91.0 Å². The molecular weight excluding hydrogens is 356 g/mol. The van der Waals surface area contributed by atoms with Crippen molar-refractivity contribution in [2.24, 2.45) is 0 Å². The number of benzene rings is 1. The van der Waals surface area contributed by atoms with Crippen LogP contribution in [0.1, 0.15) is 6.92 Å². The van der Waals surface area contributed by atoms with E-state index in [1.165, 1.54) is 10.4 Å². The van der Waals surface area contributed by atoms with Gasteiger partial charge in [0, 0.05) is 44.5 Å². The van der Waals surface area contributed by atoms with E-state index in [9.17, 15) is 13.2 Å². The average Bonchev–Trinajstić information content (AvgIpc) is 2.64. The van der Waals surface area contributed by atoms with Crippen molar-refractivity contribution in [2.45, 2.75) is 17.9 Å². The number of hydrogen-bond acceptors (Lipinski definition) is 6. The molecule has 3 rings (SSSR count). The van der Waals surface area contributed by atoms with Crippen LogP contribution in [0.25, 0.3) is 0 Å². The highest BCUT2D eigenvalue weighted by molar-refractivity contribution is 7.89. The summed E-state index contributed by atoms with van der Waals surface area (Å²) in [4.78, 5) is 14.6. The smallest absolute Gasteiger partial charge is 0.243 e. The molecule has 0 aromatic heterocycles. The van der Waals surface area contributed by atoms with Gasteiger partial charge in [-0.05, 0) is 25.1 Å². The molecule has 9 heteroatoms. The molecule has 1 aromatic carbocycles. The van der Waals surface area contributed by atoms with E-state index in [1.807, 2.05) is 0 Å². The first kappa shape index (κ1) is 19.2. The Bertz CT molecular complexity index is 734. The second-order valence-electron chi connectivity index (χ2n) is 6.62. The van der Waals surface area contributed by atoms with E-state index in [0.29, 0.717) is 44.6 Å². The molecule has 8 nitrogen and oxygen atoms in total. The zero-order chi connectivity index (χ0) is 18.6. The van der Waals surface area contributed by atoms with E-state index in [1.54, 1.807) is 18.2 Å². The van der Waals surface area contributed by atoms with Crippen LogP contribution in [0.2, 0.25) is 0 Å². The van der Waals surface area contributed by atoms with Crippen molar-refractivity contribution in [3.05, 3.63) is 24.3 Å². The highest BCUT2D eigenvalue weighted by Gasteiger charge is 2.26. The fourth-order valence-corrected chi connectivity index (χ4v) is 4.63. The molecule has 0 unspecified atom stereocenters. The summed E-state index contributed by atoms with van der Waals surface area (Å²) in [5, 5.41) is 6.11. The molecule has 1 amide bonds. The van der Waals surface area contributed by atoms with Crippen LogP contribution in [0.15, 0.2) is 29.2 Å². The van der Waals surface area contributed by atoms with Gasteiger partial charge in [-0.3, -0.25) is 9.69 Å². The highest BCUT2D eigenvalue weighted by Crippen LogP contribution is 2.20. The lowest BCUT2D eigenvalue weighted by molar-refractivity contribution is -0.118. The first-order valence-electron chi connectivity index (χ1n) is 8.89. The lowest BCUT2D eigenvalue weighted by Crippen LogP contribution is -2.51. The van der Waals surface area contributed by atoms with E-state index in [0.717, 1.165) is 19.6 Å². The number of carbonyl (C=O) groups is 1. The van der Waals surface area contributed by atoms with Gasteiger partial charge in [-0.1, -0.05) is 6.07 Å². The maximum absolute atomic E-state index is 12.7. The van der Waals surface area contributed by atoms with E-state index in [4.69, 9.17) is 4.74 Å². The van der Waals surface area contributed by atoms with E-state index >= 15 is 0 Å². The van der Waals surface area contributed by atoms with Crippen LogP contribution in [0.4, 0.5) is 5.69 Å². The fourth-order valence-electron chi connectivity index (χ4n) is 3.17. The first-order chi connectivity index (χ1) is 12.5. The summed E-state index contributed by atoms with van der Waals surface area (Å²) in [5.74, 6) is -0.139. The zero-order valence-electron chi connectivity index (χ0n) is 15.0. The third kappa shape index (κ3) is 4.60. The Hall–Kier alpha value is -1.52. The first-order valence-corrected chi connectivity index (χ1v) is 10.3. The van der Waals surface area contributed by atoms with Gasteiger partial charge >= 0.3 is 0 Å². The van der Waals surface area contributed by atoms with Crippen LogP contribution in [0, 0.1) is 0 Å². The van der Waals surface area contributed by atoms with Gasteiger partial charge < -0.3 is 15.4 Å². The molecule has 0 radical (unpaired) electrons.